The number of hydrogen-bond acceptors (Lipinski definition) is 8. The van der Waals surface area contributed by atoms with E-state index in [-0.39, 0.29) is 35.2 Å². The standard InChI is InChI=1S/C29H35NO7/c1-27(2)19-13-20(31)29(4)24(28(19,3)10-9-21(27)36-25(33)15-7-8-15)23(32)22-18(37-29)12-17(35-26(22)34)16-6-5-11-30-14-16/h5-6,11-12,14-15,19-21,23-24,31-32H,7-10,13H2,1-4H3/t19-,20-,21-,23-,24+,28-,29+/m0/s1. The summed E-state index contributed by atoms with van der Waals surface area (Å²) >= 11 is 0. The Balaban J connectivity index is 1.39. The predicted molar refractivity (Wildman–Crippen MR) is 134 cm³/mol. The predicted octanol–water partition coefficient (Wildman–Crippen LogP) is 4.03. The summed E-state index contributed by atoms with van der Waals surface area (Å²) in [5.41, 5.74) is -1.99. The number of fused-ring (bicyclic) bond motifs is 4. The number of aliphatic hydroxyl groups excluding tert-OH is 2. The molecule has 8 heteroatoms. The van der Waals surface area contributed by atoms with Crippen molar-refractivity contribution in [1.82, 2.24) is 4.98 Å². The summed E-state index contributed by atoms with van der Waals surface area (Å²) in [5, 5.41) is 23.4. The van der Waals surface area contributed by atoms with Crippen molar-refractivity contribution in [3.8, 4) is 17.1 Å². The van der Waals surface area contributed by atoms with Gasteiger partial charge in [-0.05, 0) is 62.5 Å². The van der Waals surface area contributed by atoms with Crippen molar-refractivity contribution in [3.05, 3.63) is 46.6 Å². The van der Waals surface area contributed by atoms with Crippen molar-refractivity contribution >= 4 is 5.97 Å². The largest absolute Gasteiger partial charge is 0.484 e. The van der Waals surface area contributed by atoms with Crippen molar-refractivity contribution in [2.75, 3.05) is 0 Å². The minimum absolute atomic E-state index is 0.0187. The molecule has 0 unspecified atom stereocenters. The first-order chi connectivity index (χ1) is 17.5. The van der Waals surface area contributed by atoms with Crippen LogP contribution in [-0.4, -0.2) is 39.0 Å². The van der Waals surface area contributed by atoms with Crippen molar-refractivity contribution in [2.45, 2.75) is 83.7 Å². The van der Waals surface area contributed by atoms with Gasteiger partial charge in [0.15, 0.2) is 0 Å². The summed E-state index contributed by atoms with van der Waals surface area (Å²) in [7, 11) is 0. The molecule has 3 aliphatic carbocycles. The Labute approximate surface area is 216 Å². The first kappa shape index (κ1) is 24.6. The van der Waals surface area contributed by atoms with E-state index >= 15 is 0 Å². The van der Waals surface area contributed by atoms with Crippen LogP contribution in [0, 0.1) is 28.6 Å². The molecule has 2 aromatic rings. The number of ether oxygens (including phenoxy) is 2. The smallest absolute Gasteiger partial charge is 0.345 e. The Bertz CT molecular complexity index is 1280. The summed E-state index contributed by atoms with van der Waals surface area (Å²) in [6.07, 6.45) is 4.41. The third-order valence-electron chi connectivity index (χ3n) is 9.92. The molecule has 37 heavy (non-hydrogen) atoms. The number of aliphatic hydroxyl groups is 2. The van der Waals surface area contributed by atoms with Crippen molar-refractivity contribution in [2.24, 2.45) is 28.6 Å². The summed E-state index contributed by atoms with van der Waals surface area (Å²) in [5.74, 6) is -0.216. The van der Waals surface area contributed by atoms with E-state index in [9.17, 15) is 19.8 Å². The van der Waals surface area contributed by atoms with Gasteiger partial charge in [0.05, 0.1) is 18.1 Å². The maximum Gasteiger partial charge on any atom is 0.345 e. The molecule has 3 saturated carbocycles. The minimum Gasteiger partial charge on any atom is -0.484 e. The summed E-state index contributed by atoms with van der Waals surface area (Å²) < 4.78 is 18.1. The van der Waals surface area contributed by atoms with E-state index in [0.29, 0.717) is 30.6 Å². The Hall–Kier alpha value is -2.71. The maximum atomic E-state index is 13.2. The van der Waals surface area contributed by atoms with Gasteiger partial charge in [-0.2, -0.15) is 0 Å². The third kappa shape index (κ3) is 3.59. The van der Waals surface area contributed by atoms with Crippen LogP contribution in [0.4, 0.5) is 0 Å². The molecule has 3 fully saturated rings. The molecule has 1 aliphatic heterocycles. The van der Waals surface area contributed by atoms with Gasteiger partial charge in [0.1, 0.15) is 28.8 Å². The van der Waals surface area contributed by atoms with Gasteiger partial charge in [0.2, 0.25) is 0 Å². The van der Waals surface area contributed by atoms with Gasteiger partial charge < -0.3 is 24.1 Å². The summed E-state index contributed by atoms with van der Waals surface area (Å²) in [6.45, 7) is 8.14. The SMILES string of the molecule is CC1(C)[C@@H](OC(=O)C2CC2)CC[C@]2(C)[C@H]3[C@@H](O)c4c(cc(-c5cccnc5)oc4=O)O[C@]3(C)[C@@H](O)C[C@@H]12. The number of aromatic nitrogens is 1. The Morgan fingerprint density at radius 2 is 1.92 bits per heavy atom. The molecule has 7 atom stereocenters. The van der Waals surface area contributed by atoms with Crippen molar-refractivity contribution in [3.63, 3.8) is 0 Å². The van der Waals surface area contributed by atoms with Gasteiger partial charge >= 0.3 is 11.6 Å². The molecule has 6 rings (SSSR count). The molecule has 0 saturated heterocycles. The number of pyridine rings is 1. The summed E-state index contributed by atoms with van der Waals surface area (Å²) in [6, 6.07) is 5.13. The van der Waals surface area contributed by atoms with E-state index in [2.05, 4.69) is 25.8 Å². The van der Waals surface area contributed by atoms with Gasteiger partial charge in [-0.1, -0.05) is 20.8 Å². The van der Waals surface area contributed by atoms with Crippen LogP contribution >= 0.6 is 0 Å². The lowest BCUT2D eigenvalue weighted by atomic mass is 9.43. The number of rotatable bonds is 3. The quantitative estimate of drug-likeness (QED) is 0.596. The van der Waals surface area contributed by atoms with Crippen LogP contribution in [0.3, 0.4) is 0 Å². The second kappa shape index (κ2) is 8.14. The van der Waals surface area contributed by atoms with E-state index < -0.39 is 40.2 Å². The van der Waals surface area contributed by atoms with Gasteiger partial charge in [-0.3, -0.25) is 9.78 Å². The second-order valence-corrected chi connectivity index (χ2v) is 12.5. The fourth-order valence-electron chi connectivity index (χ4n) is 7.79. The molecule has 0 bridgehead atoms. The molecule has 3 heterocycles. The average molecular weight is 510 g/mol. The first-order valence-corrected chi connectivity index (χ1v) is 13.3. The highest BCUT2D eigenvalue weighted by atomic mass is 16.5. The van der Waals surface area contributed by atoms with Gasteiger partial charge in [-0.15, -0.1) is 0 Å². The fourth-order valence-corrected chi connectivity index (χ4v) is 7.79. The van der Waals surface area contributed by atoms with Gasteiger partial charge in [-0.25, -0.2) is 4.79 Å². The lowest BCUT2D eigenvalue weighted by Gasteiger charge is -2.66. The Kier molecular flexibility index (Phi) is 5.42. The molecule has 198 valence electrons. The zero-order chi connectivity index (χ0) is 26.3. The average Bonchev–Trinajstić information content (AvgIpc) is 3.69. The van der Waals surface area contributed by atoms with E-state index in [4.69, 9.17) is 13.9 Å². The molecule has 8 nitrogen and oxygen atoms in total. The molecule has 0 aromatic carbocycles. The lowest BCUT2D eigenvalue weighted by molar-refractivity contribution is -0.259. The van der Waals surface area contributed by atoms with Crippen LogP contribution in [-0.2, 0) is 9.53 Å². The molecular formula is C29H35NO7. The highest BCUT2D eigenvalue weighted by Crippen LogP contribution is 2.67. The number of nitrogens with zero attached hydrogens (tertiary/aromatic N) is 1. The van der Waals surface area contributed by atoms with Crippen molar-refractivity contribution < 1.29 is 28.9 Å². The first-order valence-electron chi connectivity index (χ1n) is 13.3. The fraction of sp³-hybridized carbons (Fsp3) is 0.621. The van der Waals surface area contributed by atoms with Crippen LogP contribution in [0.1, 0.15) is 71.5 Å². The molecule has 2 aromatic heterocycles. The lowest BCUT2D eigenvalue weighted by Crippen LogP contribution is -2.70. The molecule has 0 spiro atoms. The van der Waals surface area contributed by atoms with E-state index in [1.165, 1.54) is 0 Å². The van der Waals surface area contributed by atoms with Gasteiger partial charge in [0.25, 0.3) is 0 Å². The highest BCUT2D eigenvalue weighted by Gasteiger charge is 2.68. The zero-order valence-corrected chi connectivity index (χ0v) is 21.8. The Morgan fingerprint density at radius 3 is 2.59 bits per heavy atom. The maximum absolute atomic E-state index is 13.2. The zero-order valence-electron chi connectivity index (χ0n) is 21.8. The second-order valence-electron chi connectivity index (χ2n) is 12.5. The van der Waals surface area contributed by atoms with E-state index in [1.54, 1.807) is 30.6 Å². The number of carbonyl (C=O) groups excluding carboxylic acids is 1. The monoisotopic (exact) mass is 509 g/mol. The van der Waals surface area contributed by atoms with Crippen LogP contribution < -0.4 is 10.4 Å². The van der Waals surface area contributed by atoms with Crippen LogP contribution in [0.5, 0.6) is 5.75 Å². The summed E-state index contributed by atoms with van der Waals surface area (Å²) in [4.78, 5) is 29.8. The van der Waals surface area contributed by atoms with Crippen LogP contribution in [0.2, 0.25) is 0 Å². The molecular weight excluding hydrogens is 474 g/mol. The topological polar surface area (TPSA) is 119 Å². The van der Waals surface area contributed by atoms with E-state index in [1.807, 2.05) is 6.92 Å². The van der Waals surface area contributed by atoms with Crippen LogP contribution in [0.25, 0.3) is 11.3 Å². The molecule has 4 aliphatic rings. The number of carbonyl (C=O) groups is 1. The van der Waals surface area contributed by atoms with Crippen molar-refractivity contribution in [1.29, 1.82) is 0 Å². The number of hydrogen-bond donors (Lipinski definition) is 2. The molecule has 0 amide bonds. The highest BCUT2D eigenvalue weighted by molar-refractivity contribution is 5.75. The van der Waals surface area contributed by atoms with E-state index in [0.717, 1.165) is 12.8 Å². The van der Waals surface area contributed by atoms with Crippen LogP contribution in [0.15, 0.2) is 39.8 Å². The third-order valence-corrected chi connectivity index (χ3v) is 9.92. The number of esters is 1. The Morgan fingerprint density at radius 1 is 1.16 bits per heavy atom. The normalized spacial score (nSPS) is 37.9. The molecule has 0 radical (unpaired) electrons. The molecule has 2 N–H and O–H groups in total. The minimum atomic E-state index is -1.18. The van der Waals surface area contributed by atoms with Gasteiger partial charge in [0, 0.05) is 35.4 Å².